The number of anilines is 1. The van der Waals surface area contributed by atoms with Gasteiger partial charge in [0.15, 0.2) is 6.10 Å². The molecule has 6 nitrogen and oxygen atoms in total. The van der Waals surface area contributed by atoms with Crippen LogP contribution in [-0.4, -0.2) is 27.8 Å². The van der Waals surface area contributed by atoms with Gasteiger partial charge in [0, 0.05) is 11.9 Å². The van der Waals surface area contributed by atoms with Crippen molar-refractivity contribution in [3.63, 3.8) is 0 Å². The molecule has 1 unspecified atom stereocenters. The number of alkyl halides is 3. The Labute approximate surface area is 174 Å². The first-order valence-electron chi connectivity index (χ1n) is 8.64. The fraction of sp³-hybridized carbons (Fsp3) is 0.150. The largest absolute Gasteiger partial charge is 0.449 e. The summed E-state index contributed by atoms with van der Waals surface area (Å²) in [6.07, 6.45) is -3.21. The maximum atomic E-state index is 12.9. The summed E-state index contributed by atoms with van der Waals surface area (Å²) in [5.41, 5.74) is -0.369. The van der Waals surface area contributed by atoms with Crippen LogP contribution >= 0.6 is 11.6 Å². The predicted molar refractivity (Wildman–Crippen MR) is 104 cm³/mol. The van der Waals surface area contributed by atoms with Crippen LogP contribution in [0, 0.1) is 0 Å². The number of para-hydroxylation sites is 1. The molecule has 1 amide bonds. The first kappa shape index (κ1) is 21.4. The molecule has 0 spiro atoms. The van der Waals surface area contributed by atoms with Crippen molar-refractivity contribution in [1.29, 1.82) is 0 Å². The fourth-order valence-corrected chi connectivity index (χ4v) is 2.72. The minimum absolute atomic E-state index is 0.115. The minimum atomic E-state index is -4.67. The Morgan fingerprint density at radius 1 is 1.17 bits per heavy atom. The van der Waals surface area contributed by atoms with Gasteiger partial charge in [-0.2, -0.15) is 18.3 Å². The highest BCUT2D eigenvalue weighted by Gasteiger charge is 2.33. The van der Waals surface area contributed by atoms with Crippen LogP contribution in [0.3, 0.4) is 0 Å². The Morgan fingerprint density at radius 2 is 1.87 bits per heavy atom. The van der Waals surface area contributed by atoms with Gasteiger partial charge in [-0.3, -0.25) is 4.79 Å². The second kappa shape index (κ2) is 8.58. The predicted octanol–water partition coefficient (Wildman–Crippen LogP) is 4.73. The summed E-state index contributed by atoms with van der Waals surface area (Å²) in [6.45, 7) is 1.30. The van der Waals surface area contributed by atoms with E-state index in [1.807, 2.05) is 18.2 Å². The van der Waals surface area contributed by atoms with Gasteiger partial charge in [-0.1, -0.05) is 29.8 Å². The Hall–Kier alpha value is -3.33. The molecule has 0 radical (unpaired) electrons. The van der Waals surface area contributed by atoms with Crippen LogP contribution in [0.25, 0.3) is 5.69 Å². The second-order valence-corrected chi connectivity index (χ2v) is 6.65. The second-order valence-electron chi connectivity index (χ2n) is 6.24. The number of esters is 1. The lowest BCUT2D eigenvalue weighted by Gasteiger charge is -2.15. The van der Waals surface area contributed by atoms with Crippen LogP contribution in [0.1, 0.15) is 22.8 Å². The molecule has 1 aromatic heterocycles. The SMILES string of the molecule is CC(OC(=O)c1cnn(-c2ccccc2)c1)C(=O)Nc1ccc(Cl)c(C(F)(F)F)c1. The number of rotatable bonds is 5. The Kier molecular flexibility index (Phi) is 6.12. The molecule has 0 aliphatic heterocycles. The third kappa shape index (κ3) is 4.98. The van der Waals surface area contributed by atoms with Crippen molar-refractivity contribution in [2.24, 2.45) is 0 Å². The molecule has 10 heteroatoms. The molecule has 0 fully saturated rings. The van der Waals surface area contributed by atoms with Crippen molar-refractivity contribution < 1.29 is 27.5 Å². The molecule has 0 aliphatic carbocycles. The zero-order chi connectivity index (χ0) is 21.9. The third-order valence-electron chi connectivity index (χ3n) is 4.03. The number of carbonyl (C=O) groups excluding carboxylic acids is 2. The first-order chi connectivity index (χ1) is 14.1. The number of halogens is 4. The van der Waals surface area contributed by atoms with E-state index in [1.165, 1.54) is 30.1 Å². The van der Waals surface area contributed by atoms with Gasteiger partial charge in [-0.05, 0) is 37.3 Å². The number of nitrogens with zero attached hydrogens (tertiary/aromatic N) is 2. The van der Waals surface area contributed by atoms with Gasteiger partial charge in [0.1, 0.15) is 0 Å². The number of aromatic nitrogens is 2. The molecular formula is C20H15ClF3N3O3. The van der Waals surface area contributed by atoms with E-state index in [9.17, 15) is 22.8 Å². The summed E-state index contributed by atoms with van der Waals surface area (Å²) >= 11 is 5.55. The monoisotopic (exact) mass is 437 g/mol. The van der Waals surface area contributed by atoms with Crippen molar-refractivity contribution >= 4 is 29.2 Å². The maximum absolute atomic E-state index is 12.9. The van der Waals surface area contributed by atoms with Crippen LogP contribution < -0.4 is 5.32 Å². The Morgan fingerprint density at radius 3 is 2.53 bits per heavy atom. The standard InChI is InChI=1S/C20H15ClF3N3O3/c1-12(18(28)26-14-7-8-17(21)16(9-14)20(22,23)24)30-19(29)13-10-25-27(11-13)15-5-3-2-4-6-15/h2-12H,1H3,(H,26,28). The molecule has 1 heterocycles. The fourth-order valence-electron chi connectivity index (χ4n) is 2.50. The van der Waals surface area contributed by atoms with E-state index in [-0.39, 0.29) is 11.3 Å². The molecule has 2 aromatic carbocycles. The van der Waals surface area contributed by atoms with Gasteiger partial charge >= 0.3 is 12.1 Å². The lowest BCUT2D eigenvalue weighted by molar-refractivity contribution is -0.137. The summed E-state index contributed by atoms with van der Waals surface area (Å²) in [5.74, 6) is -1.60. The number of nitrogens with one attached hydrogen (secondary N) is 1. The van der Waals surface area contributed by atoms with E-state index in [0.29, 0.717) is 6.07 Å². The molecule has 156 valence electrons. The van der Waals surface area contributed by atoms with Crippen molar-refractivity contribution in [1.82, 2.24) is 9.78 Å². The van der Waals surface area contributed by atoms with Gasteiger partial charge in [0.25, 0.3) is 5.91 Å². The van der Waals surface area contributed by atoms with E-state index in [1.54, 1.807) is 12.1 Å². The van der Waals surface area contributed by atoms with E-state index < -0.39 is 34.7 Å². The Balaban J connectivity index is 1.65. The van der Waals surface area contributed by atoms with Gasteiger partial charge in [-0.15, -0.1) is 0 Å². The molecule has 1 atom stereocenters. The van der Waals surface area contributed by atoms with E-state index in [2.05, 4.69) is 10.4 Å². The zero-order valence-electron chi connectivity index (χ0n) is 15.5. The number of hydrogen-bond donors (Lipinski definition) is 1. The van der Waals surface area contributed by atoms with Crippen LogP contribution in [0.15, 0.2) is 60.9 Å². The third-order valence-corrected chi connectivity index (χ3v) is 4.36. The minimum Gasteiger partial charge on any atom is -0.449 e. The van der Waals surface area contributed by atoms with E-state index in [0.717, 1.165) is 11.8 Å². The van der Waals surface area contributed by atoms with Gasteiger partial charge in [0.05, 0.1) is 28.0 Å². The molecule has 3 rings (SSSR count). The van der Waals surface area contributed by atoms with Crippen molar-refractivity contribution in [3.05, 3.63) is 77.1 Å². The van der Waals surface area contributed by atoms with Crippen LogP contribution in [-0.2, 0) is 15.7 Å². The van der Waals surface area contributed by atoms with Gasteiger partial charge in [0.2, 0.25) is 0 Å². The summed E-state index contributed by atoms with van der Waals surface area (Å²) in [6, 6.07) is 12.0. The summed E-state index contributed by atoms with van der Waals surface area (Å²) in [4.78, 5) is 24.5. The molecule has 30 heavy (non-hydrogen) atoms. The highest BCUT2D eigenvalue weighted by atomic mass is 35.5. The van der Waals surface area contributed by atoms with Gasteiger partial charge in [-0.25, -0.2) is 9.48 Å². The summed E-state index contributed by atoms with van der Waals surface area (Å²) < 4.78 is 45.4. The van der Waals surface area contributed by atoms with E-state index >= 15 is 0 Å². The summed E-state index contributed by atoms with van der Waals surface area (Å²) in [7, 11) is 0. The molecule has 0 bridgehead atoms. The van der Waals surface area contributed by atoms with Crippen molar-refractivity contribution in [2.75, 3.05) is 5.32 Å². The number of carbonyl (C=O) groups is 2. The molecule has 0 aliphatic rings. The number of ether oxygens (including phenoxy) is 1. The van der Waals surface area contributed by atoms with Crippen molar-refractivity contribution in [3.8, 4) is 5.69 Å². The smallest absolute Gasteiger partial charge is 0.417 e. The summed E-state index contributed by atoms with van der Waals surface area (Å²) in [5, 5.41) is 5.85. The van der Waals surface area contributed by atoms with Crippen LogP contribution in [0.2, 0.25) is 5.02 Å². The highest BCUT2D eigenvalue weighted by molar-refractivity contribution is 6.31. The highest BCUT2D eigenvalue weighted by Crippen LogP contribution is 2.36. The maximum Gasteiger partial charge on any atom is 0.417 e. The lowest BCUT2D eigenvalue weighted by atomic mass is 10.2. The molecule has 1 N–H and O–H groups in total. The van der Waals surface area contributed by atoms with Crippen LogP contribution in [0.4, 0.5) is 18.9 Å². The molecule has 0 saturated carbocycles. The average molecular weight is 438 g/mol. The number of benzene rings is 2. The van der Waals surface area contributed by atoms with Crippen LogP contribution in [0.5, 0.6) is 0 Å². The first-order valence-corrected chi connectivity index (χ1v) is 9.01. The average Bonchev–Trinajstić information content (AvgIpc) is 3.19. The van der Waals surface area contributed by atoms with Gasteiger partial charge < -0.3 is 10.1 Å². The number of hydrogen-bond acceptors (Lipinski definition) is 4. The molecular weight excluding hydrogens is 423 g/mol. The lowest BCUT2D eigenvalue weighted by Crippen LogP contribution is -2.30. The van der Waals surface area contributed by atoms with E-state index in [4.69, 9.17) is 16.3 Å². The van der Waals surface area contributed by atoms with Crippen molar-refractivity contribution in [2.45, 2.75) is 19.2 Å². The molecule has 3 aromatic rings. The topological polar surface area (TPSA) is 73.2 Å². The molecule has 0 saturated heterocycles. The zero-order valence-corrected chi connectivity index (χ0v) is 16.2. The Bertz CT molecular complexity index is 1070. The number of amides is 1. The normalized spacial score (nSPS) is 12.3. The quantitative estimate of drug-likeness (QED) is 0.586.